The SMILES string of the molecule is COc1ccc(S(=O)(=O)Nc2ccc(C(=O)NCCN3CCN(c4nc5c(OC)cccc5s4)CC3)cc2)cc1.Cl. The molecular weight excluding hydrogens is 586 g/mol. The quantitative estimate of drug-likeness (QED) is 0.274. The molecule has 10 nitrogen and oxygen atoms in total. The van der Waals surface area contributed by atoms with Crippen LogP contribution in [0.5, 0.6) is 11.5 Å². The molecule has 0 radical (unpaired) electrons. The zero-order chi connectivity index (χ0) is 28.1. The van der Waals surface area contributed by atoms with Crippen LogP contribution >= 0.6 is 23.7 Å². The minimum absolute atomic E-state index is 0. The molecule has 13 heteroatoms. The largest absolute Gasteiger partial charge is 0.497 e. The summed E-state index contributed by atoms with van der Waals surface area (Å²) < 4.78 is 39.4. The van der Waals surface area contributed by atoms with E-state index in [1.807, 2.05) is 12.1 Å². The third-order valence-corrected chi connectivity index (χ3v) is 9.19. The number of aromatic nitrogens is 1. The maximum absolute atomic E-state index is 12.6. The summed E-state index contributed by atoms with van der Waals surface area (Å²) >= 11 is 1.67. The second-order valence-corrected chi connectivity index (χ2v) is 11.9. The van der Waals surface area contributed by atoms with Gasteiger partial charge in [-0.2, -0.15) is 0 Å². The second-order valence-electron chi connectivity index (χ2n) is 9.25. The Morgan fingerprint density at radius 1 is 0.951 bits per heavy atom. The van der Waals surface area contributed by atoms with Gasteiger partial charge in [0.05, 0.1) is 23.8 Å². The van der Waals surface area contributed by atoms with Gasteiger partial charge in [0.2, 0.25) is 0 Å². The minimum Gasteiger partial charge on any atom is -0.497 e. The molecule has 4 aromatic rings. The summed E-state index contributed by atoms with van der Waals surface area (Å²) in [6.45, 7) is 4.75. The molecule has 41 heavy (non-hydrogen) atoms. The molecule has 5 rings (SSSR count). The number of thiazole rings is 1. The number of amides is 1. The Morgan fingerprint density at radius 3 is 2.32 bits per heavy atom. The summed E-state index contributed by atoms with van der Waals surface area (Å²) in [5.41, 5.74) is 1.73. The third-order valence-electron chi connectivity index (χ3n) is 6.72. The summed E-state index contributed by atoms with van der Waals surface area (Å²) in [5.74, 6) is 1.16. The van der Waals surface area contributed by atoms with Gasteiger partial charge >= 0.3 is 0 Å². The van der Waals surface area contributed by atoms with E-state index >= 15 is 0 Å². The number of nitrogens with one attached hydrogen (secondary N) is 2. The van der Waals surface area contributed by atoms with E-state index in [1.54, 1.807) is 54.8 Å². The second kappa shape index (κ2) is 13.4. The fraction of sp³-hybridized carbons (Fsp3) is 0.286. The highest BCUT2D eigenvalue weighted by Crippen LogP contribution is 2.34. The number of nitrogens with zero attached hydrogens (tertiary/aromatic N) is 3. The lowest BCUT2D eigenvalue weighted by atomic mass is 10.2. The standard InChI is InChI=1S/C28H31N5O5S2.ClH/c1-37-22-10-12-23(13-11-22)40(35,36)31-21-8-6-20(7-9-21)27(34)29-14-15-32-16-18-33(19-17-32)28-30-26-24(38-2)4-3-5-25(26)39-28;/h3-13,31H,14-19H2,1-2H3,(H,29,34);1H. The number of piperazine rings is 1. The van der Waals surface area contributed by atoms with E-state index < -0.39 is 10.0 Å². The van der Waals surface area contributed by atoms with Crippen molar-refractivity contribution in [3.8, 4) is 11.5 Å². The fourth-order valence-electron chi connectivity index (χ4n) is 4.46. The number of ether oxygens (including phenoxy) is 2. The predicted octanol–water partition coefficient (Wildman–Crippen LogP) is 4.09. The Hall–Kier alpha value is -3.58. The van der Waals surface area contributed by atoms with E-state index in [-0.39, 0.29) is 23.2 Å². The highest BCUT2D eigenvalue weighted by molar-refractivity contribution is 7.92. The van der Waals surface area contributed by atoms with Crippen LogP contribution in [0.1, 0.15) is 10.4 Å². The van der Waals surface area contributed by atoms with Crippen LogP contribution in [0.2, 0.25) is 0 Å². The molecule has 218 valence electrons. The lowest BCUT2D eigenvalue weighted by Gasteiger charge is -2.34. The van der Waals surface area contributed by atoms with Crippen molar-refractivity contribution in [2.45, 2.75) is 4.90 Å². The van der Waals surface area contributed by atoms with Crippen molar-refractivity contribution in [1.82, 2.24) is 15.2 Å². The number of halogens is 1. The molecule has 0 unspecified atom stereocenters. The van der Waals surface area contributed by atoms with E-state index in [1.165, 1.54) is 19.2 Å². The van der Waals surface area contributed by atoms with Crippen LogP contribution in [0.15, 0.2) is 71.6 Å². The number of rotatable bonds is 10. The molecule has 0 spiro atoms. The number of para-hydroxylation sites is 1. The number of methoxy groups -OCH3 is 2. The number of hydrogen-bond donors (Lipinski definition) is 2. The number of carbonyl (C=O) groups excluding carboxylic acids is 1. The van der Waals surface area contributed by atoms with Crippen LogP contribution in [-0.4, -0.2) is 77.7 Å². The van der Waals surface area contributed by atoms with Crippen molar-refractivity contribution < 1.29 is 22.7 Å². The first-order valence-corrected chi connectivity index (χ1v) is 15.1. The Labute approximate surface area is 249 Å². The van der Waals surface area contributed by atoms with Crippen LogP contribution in [0.25, 0.3) is 10.2 Å². The lowest BCUT2D eigenvalue weighted by molar-refractivity contribution is 0.0948. The summed E-state index contributed by atoms with van der Waals surface area (Å²) in [5, 5.41) is 3.96. The van der Waals surface area contributed by atoms with Gasteiger partial charge in [0.1, 0.15) is 17.0 Å². The van der Waals surface area contributed by atoms with E-state index in [0.717, 1.165) is 53.8 Å². The number of anilines is 2. The average Bonchev–Trinajstić information content (AvgIpc) is 3.42. The third kappa shape index (κ3) is 7.20. The molecule has 1 saturated heterocycles. The first kappa shape index (κ1) is 30.4. The summed E-state index contributed by atoms with van der Waals surface area (Å²) in [4.78, 5) is 22.2. The molecule has 2 N–H and O–H groups in total. The van der Waals surface area contributed by atoms with E-state index in [9.17, 15) is 13.2 Å². The van der Waals surface area contributed by atoms with Gasteiger partial charge in [0.25, 0.3) is 15.9 Å². The molecule has 1 fully saturated rings. The Morgan fingerprint density at radius 2 is 1.66 bits per heavy atom. The van der Waals surface area contributed by atoms with Crippen LogP contribution in [0, 0.1) is 0 Å². The molecule has 0 atom stereocenters. The van der Waals surface area contributed by atoms with Crippen molar-refractivity contribution in [2.75, 3.05) is 63.1 Å². The molecule has 1 amide bonds. The van der Waals surface area contributed by atoms with Gasteiger partial charge in [0.15, 0.2) is 5.13 Å². The van der Waals surface area contributed by atoms with Gasteiger partial charge in [-0.15, -0.1) is 12.4 Å². The molecular formula is C28H32ClN5O5S2. The summed E-state index contributed by atoms with van der Waals surface area (Å²) in [6, 6.07) is 18.5. The maximum Gasteiger partial charge on any atom is 0.261 e. The molecule has 2 heterocycles. The number of sulfonamides is 1. The Bertz CT molecular complexity index is 1570. The van der Waals surface area contributed by atoms with Crippen molar-refractivity contribution in [3.05, 3.63) is 72.3 Å². The molecule has 3 aromatic carbocycles. The normalized spacial score (nSPS) is 13.9. The first-order chi connectivity index (χ1) is 19.4. The van der Waals surface area contributed by atoms with E-state index in [4.69, 9.17) is 14.5 Å². The maximum atomic E-state index is 12.6. The molecule has 1 aliphatic heterocycles. The van der Waals surface area contributed by atoms with Gasteiger partial charge in [-0.05, 0) is 60.7 Å². The highest BCUT2D eigenvalue weighted by atomic mass is 35.5. The monoisotopic (exact) mass is 617 g/mol. The smallest absolute Gasteiger partial charge is 0.261 e. The van der Waals surface area contributed by atoms with E-state index in [2.05, 4.69) is 25.9 Å². The number of benzene rings is 3. The van der Waals surface area contributed by atoms with Crippen molar-refractivity contribution >= 4 is 60.7 Å². The zero-order valence-corrected chi connectivity index (χ0v) is 25.2. The number of fused-ring (bicyclic) bond motifs is 1. The van der Waals surface area contributed by atoms with Gasteiger partial charge in [-0.1, -0.05) is 17.4 Å². The number of hydrogen-bond acceptors (Lipinski definition) is 9. The van der Waals surface area contributed by atoms with Crippen LogP contribution < -0.4 is 24.4 Å². The fourth-order valence-corrected chi connectivity index (χ4v) is 6.56. The van der Waals surface area contributed by atoms with Crippen molar-refractivity contribution in [2.24, 2.45) is 0 Å². The summed E-state index contributed by atoms with van der Waals surface area (Å²) in [6.07, 6.45) is 0. The predicted molar refractivity (Wildman–Crippen MR) is 165 cm³/mol. The average molecular weight is 618 g/mol. The van der Waals surface area contributed by atoms with Crippen LogP contribution in [-0.2, 0) is 10.0 Å². The number of carbonyl (C=O) groups is 1. The summed E-state index contributed by atoms with van der Waals surface area (Å²) in [7, 11) is -0.574. The van der Waals surface area contributed by atoms with E-state index in [0.29, 0.717) is 23.5 Å². The van der Waals surface area contributed by atoms with Gasteiger partial charge in [-0.3, -0.25) is 14.4 Å². The molecule has 0 aliphatic carbocycles. The molecule has 0 saturated carbocycles. The lowest BCUT2D eigenvalue weighted by Crippen LogP contribution is -2.48. The molecule has 1 aromatic heterocycles. The van der Waals surface area contributed by atoms with Crippen molar-refractivity contribution in [1.29, 1.82) is 0 Å². The minimum atomic E-state index is -3.75. The Kier molecular flexibility index (Phi) is 9.92. The van der Waals surface area contributed by atoms with Crippen LogP contribution in [0.3, 0.4) is 0 Å². The van der Waals surface area contributed by atoms with Crippen molar-refractivity contribution in [3.63, 3.8) is 0 Å². The zero-order valence-electron chi connectivity index (χ0n) is 22.7. The highest BCUT2D eigenvalue weighted by Gasteiger charge is 2.21. The Balaban J connectivity index is 0.00000387. The van der Waals surface area contributed by atoms with Gasteiger partial charge in [-0.25, -0.2) is 13.4 Å². The topological polar surface area (TPSA) is 113 Å². The van der Waals surface area contributed by atoms with Gasteiger partial charge < -0.3 is 19.7 Å². The molecule has 1 aliphatic rings. The molecule has 0 bridgehead atoms. The van der Waals surface area contributed by atoms with Crippen LogP contribution in [0.4, 0.5) is 10.8 Å². The first-order valence-electron chi connectivity index (χ1n) is 12.8. The van der Waals surface area contributed by atoms with Gasteiger partial charge in [0, 0.05) is 50.5 Å².